The van der Waals surface area contributed by atoms with Crippen molar-refractivity contribution in [3.05, 3.63) is 11.4 Å². The molecule has 0 fully saturated rings. The molecule has 0 radical (unpaired) electrons. The van der Waals surface area contributed by atoms with Crippen LogP contribution in [0.2, 0.25) is 0 Å². The molecule has 1 aromatic heterocycles. The summed E-state index contributed by atoms with van der Waals surface area (Å²) in [5.74, 6) is 0.421. The molecule has 0 aromatic carbocycles. The maximum absolute atomic E-state index is 11.0. The van der Waals surface area contributed by atoms with E-state index < -0.39 is 7.01 Å². The SMILES string of the molecule is COc1ccsc1S(=O)(=O)I. The van der Waals surface area contributed by atoms with Crippen LogP contribution in [0.5, 0.6) is 5.75 Å². The topological polar surface area (TPSA) is 43.4 Å². The van der Waals surface area contributed by atoms with Crippen LogP contribution in [0.3, 0.4) is 0 Å². The van der Waals surface area contributed by atoms with Crippen LogP contribution >= 0.6 is 32.5 Å². The molecule has 1 heterocycles. The molecule has 0 saturated heterocycles. The minimum absolute atomic E-state index is 0.278. The van der Waals surface area contributed by atoms with Gasteiger partial charge in [0.1, 0.15) is 5.75 Å². The van der Waals surface area contributed by atoms with Gasteiger partial charge in [-0.05, 0) is 11.4 Å². The fraction of sp³-hybridized carbons (Fsp3) is 0.200. The Hall–Kier alpha value is 0.180. The van der Waals surface area contributed by atoms with Gasteiger partial charge in [0.2, 0.25) is 7.01 Å². The van der Waals surface area contributed by atoms with E-state index in [2.05, 4.69) is 0 Å². The lowest BCUT2D eigenvalue weighted by atomic mass is 10.6. The fourth-order valence-corrected chi connectivity index (χ4v) is 3.80. The van der Waals surface area contributed by atoms with Crippen molar-refractivity contribution in [3.63, 3.8) is 0 Å². The lowest BCUT2D eigenvalue weighted by molar-refractivity contribution is 0.407. The lowest BCUT2D eigenvalue weighted by Crippen LogP contribution is -1.89. The Labute approximate surface area is 80.9 Å². The molecule has 3 nitrogen and oxygen atoms in total. The van der Waals surface area contributed by atoms with Crippen molar-refractivity contribution < 1.29 is 13.2 Å². The monoisotopic (exact) mass is 304 g/mol. The first kappa shape index (κ1) is 9.27. The quantitative estimate of drug-likeness (QED) is 0.619. The van der Waals surface area contributed by atoms with E-state index in [1.54, 1.807) is 11.4 Å². The number of hydrogen-bond acceptors (Lipinski definition) is 4. The molecule has 0 aliphatic heterocycles. The Morgan fingerprint density at radius 1 is 1.64 bits per heavy atom. The number of ether oxygens (including phenoxy) is 1. The van der Waals surface area contributed by atoms with Crippen molar-refractivity contribution in [2.24, 2.45) is 0 Å². The zero-order valence-electron chi connectivity index (χ0n) is 5.57. The highest BCUT2D eigenvalue weighted by Gasteiger charge is 2.16. The minimum Gasteiger partial charge on any atom is -0.494 e. The van der Waals surface area contributed by atoms with Crippen LogP contribution in [0.4, 0.5) is 0 Å². The van der Waals surface area contributed by atoms with E-state index in [1.165, 1.54) is 28.3 Å². The molecule has 0 N–H and O–H groups in total. The summed E-state index contributed by atoms with van der Waals surface area (Å²) in [5, 5.41) is 1.68. The summed E-state index contributed by atoms with van der Waals surface area (Å²) in [5.41, 5.74) is 0. The normalized spacial score (nSPS) is 11.5. The molecule has 62 valence electrons. The zero-order chi connectivity index (χ0) is 8.48. The summed E-state index contributed by atoms with van der Waals surface area (Å²) in [6.07, 6.45) is 0. The highest BCUT2D eigenvalue weighted by Crippen LogP contribution is 2.32. The second kappa shape index (κ2) is 3.28. The predicted molar refractivity (Wildman–Crippen MR) is 52.1 cm³/mol. The van der Waals surface area contributed by atoms with E-state index in [0.717, 1.165) is 11.3 Å². The van der Waals surface area contributed by atoms with Gasteiger partial charge in [0.25, 0.3) is 0 Å². The first-order valence-corrected chi connectivity index (χ1v) is 7.52. The molecule has 1 aromatic rings. The van der Waals surface area contributed by atoms with Gasteiger partial charge in [-0.2, -0.15) is 0 Å². The van der Waals surface area contributed by atoms with Crippen molar-refractivity contribution in [1.82, 2.24) is 0 Å². The standard InChI is InChI=1S/C5H5IO3S2/c1-9-4-2-3-10-5(4)11(6,7)8/h2-3H,1H3. The molecular formula is C5H5IO3S2. The Morgan fingerprint density at radius 3 is 2.64 bits per heavy atom. The van der Waals surface area contributed by atoms with E-state index in [4.69, 9.17) is 4.74 Å². The third-order valence-electron chi connectivity index (χ3n) is 1.04. The summed E-state index contributed by atoms with van der Waals surface area (Å²) in [6.45, 7) is 0. The maximum Gasteiger partial charge on any atom is 0.244 e. The third kappa shape index (κ3) is 2.06. The van der Waals surface area contributed by atoms with Crippen molar-refractivity contribution in [2.45, 2.75) is 4.21 Å². The van der Waals surface area contributed by atoms with Crippen molar-refractivity contribution in [3.8, 4) is 5.75 Å². The van der Waals surface area contributed by atoms with Gasteiger partial charge in [-0.25, -0.2) is 8.42 Å². The van der Waals surface area contributed by atoms with Gasteiger partial charge in [-0.1, -0.05) is 0 Å². The molecular weight excluding hydrogens is 299 g/mol. The summed E-state index contributed by atoms with van der Waals surface area (Å²) < 4.78 is 27.1. The molecule has 0 saturated carbocycles. The smallest absolute Gasteiger partial charge is 0.244 e. The molecule has 0 aliphatic carbocycles. The highest BCUT2D eigenvalue weighted by molar-refractivity contribution is 14.2. The first-order chi connectivity index (χ1) is 5.05. The van der Waals surface area contributed by atoms with Crippen molar-refractivity contribution in [1.29, 1.82) is 0 Å². The summed E-state index contributed by atoms with van der Waals surface area (Å²) >= 11 is 2.55. The van der Waals surface area contributed by atoms with Crippen LogP contribution < -0.4 is 4.74 Å². The predicted octanol–water partition coefficient (Wildman–Crippen LogP) is 1.88. The van der Waals surface area contributed by atoms with E-state index in [1.807, 2.05) is 0 Å². The van der Waals surface area contributed by atoms with Crippen LogP contribution in [0.1, 0.15) is 0 Å². The Balaban J connectivity index is 3.24. The maximum atomic E-state index is 11.0. The Bertz CT molecular complexity index is 340. The number of methoxy groups -OCH3 is 1. The van der Waals surface area contributed by atoms with E-state index in [-0.39, 0.29) is 4.21 Å². The summed E-state index contributed by atoms with van der Waals surface area (Å²) in [7, 11) is -1.69. The Morgan fingerprint density at radius 2 is 2.27 bits per heavy atom. The van der Waals surface area contributed by atoms with Gasteiger partial charge in [0.05, 0.1) is 28.3 Å². The highest BCUT2D eigenvalue weighted by atomic mass is 127. The van der Waals surface area contributed by atoms with E-state index >= 15 is 0 Å². The van der Waals surface area contributed by atoms with Crippen LogP contribution in [-0.2, 0) is 7.01 Å². The minimum atomic E-state index is -3.14. The molecule has 0 atom stereocenters. The second-order valence-electron chi connectivity index (χ2n) is 1.71. The number of rotatable bonds is 2. The first-order valence-electron chi connectivity index (χ1n) is 2.62. The second-order valence-corrected chi connectivity index (χ2v) is 7.65. The number of halogens is 1. The zero-order valence-corrected chi connectivity index (χ0v) is 9.36. The molecule has 0 aliphatic rings. The molecule has 1 rings (SSSR count). The van der Waals surface area contributed by atoms with Crippen LogP contribution in [0, 0.1) is 0 Å². The third-order valence-corrected chi connectivity index (χ3v) is 5.53. The summed E-state index contributed by atoms with van der Waals surface area (Å²) in [4.78, 5) is 0. The molecule has 0 bridgehead atoms. The van der Waals surface area contributed by atoms with Crippen LogP contribution in [0.15, 0.2) is 15.7 Å². The van der Waals surface area contributed by atoms with Gasteiger partial charge in [-0.3, -0.25) is 0 Å². The fourth-order valence-electron chi connectivity index (χ4n) is 0.613. The molecule has 11 heavy (non-hydrogen) atoms. The van der Waals surface area contributed by atoms with Crippen molar-refractivity contribution >= 4 is 39.6 Å². The van der Waals surface area contributed by atoms with Gasteiger partial charge in [0, 0.05) is 0 Å². The van der Waals surface area contributed by atoms with Crippen LogP contribution in [0.25, 0.3) is 0 Å². The van der Waals surface area contributed by atoms with Crippen LogP contribution in [-0.4, -0.2) is 15.5 Å². The largest absolute Gasteiger partial charge is 0.494 e. The van der Waals surface area contributed by atoms with Crippen molar-refractivity contribution in [2.75, 3.05) is 7.11 Å². The van der Waals surface area contributed by atoms with Gasteiger partial charge in [-0.15, -0.1) is 11.3 Å². The average molecular weight is 304 g/mol. The lowest BCUT2D eigenvalue weighted by Gasteiger charge is -1.96. The van der Waals surface area contributed by atoms with Gasteiger partial charge < -0.3 is 4.74 Å². The Kier molecular flexibility index (Phi) is 2.76. The molecule has 0 unspecified atom stereocenters. The van der Waals surface area contributed by atoms with E-state index in [9.17, 15) is 8.42 Å². The summed E-state index contributed by atoms with van der Waals surface area (Å²) in [6, 6.07) is 1.64. The number of thiophene rings is 1. The molecule has 0 amide bonds. The van der Waals surface area contributed by atoms with E-state index in [0.29, 0.717) is 5.75 Å². The number of hydrogen-bond donors (Lipinski definition) is 0. The van der Waals surface area contributed by atoms with Gasteiger partial charge in [0.15, 0.2) is 4.21 Å². The molecule has 0 spiro atoms. The molecule has 6 heteroatoms. The average Bonchev–Trinajstić information content (AvgIpc) is 2.31. The van der Waals surface area contributed by atoms with Gasteiger partial charge >= 0.3 is 0 Å².